The molecule has 1 N–H and O–H groups in total. The average molecular weight is 420 g/mol. The van der Waals surface area contributed by atoms with Gasteiger partial charge in [0, 0.05) is 23.2 Å². The molecule has 8 heteroatoms. The van der Waals surface area contributed by atoms with Crippen molar-refractivity contribution in [3.63, 3.8) is 0 Å². The van der Waals surface area contributed by atoms with Gasteiger partial charge in [-0.3, -0.25) is 0 Å². The lowest BCUT2D eigenvalue weighted by Crippen LogP contribution is -2.03. The smallest absolute Gasteiger partial charge is 0.388 e. The predicted molar refractivity (Wildman–Crippen MR) is 113 cm³/mol. The zero-order chi connectivity index (χ0) is 21.3. The number of aromatic nitrogens is 4. The molecule has 0 bridgehead atoms. The van der Waals surface area contributed by atoms with Crippen LogP contribution < -0.4 is 5.76 Å². The van der Waals surface area contributed by atoms with E-state index in [9.17, 15) is 4.79 Å². The van der Waals surface area contributed by atoms with Crippen molar-refractivity contribution in [2.24, 2.45) is 0 Å². The molecule has 0 amide bonds. The van der Waals surface area contributed by atoms with Crippen LogP contribution in [0.2, 0.25) is 5.02 Å². The molecule has 0 fully saturated rings. The maximum absolute atomic E-state index is 11.1. The lowest BCUT2D eigenvalue weighted by molar-refractivity contribution is 0.527. The minimum atomic E-state index is -0.576. The maximum Gasteiger partial charge on any atom is 0.434 e. The van der Waals surface area contributed by atoms with Crippen molar-refractivity contribution in [1.29, 1.82) is 5.26 Å². The van der Waals surface area contributed by atoms with E-state index in [2.05, 4.69) is 23.2 Å². The first-order chi connectivity index (χ1) is 14.5. The van der Waals surface area contributed by atoms with Gasteiger partial charge in [-0.1, -0.05) is 30.7 Å². The van der Waals surface area contributed by atoms with Crippen LogP contribution in [0.1, 0.15) is 35.0 Å². The zero-order valence-corrected chi connectivity index (χ0v) is 17.2. The van der Waals surface area contributed by atoms with Gasteiger partial charge in [0.2, 0.25) is 5.89 Å². The summed E-state index contributed by atoms with van der Waals surface area (Å²) >= 11 is 6.22. The second-order valence-electron chi connectivity index (χ2n) is 6.84. The summed E-state index contributed by atoms with van der Waals surface area (Å²) in [7, 11) is 0. The first-order valence-electron chi connectivity index (χ1n) is 9.42. The predicted octanol–water partition coefficient (Wildman–Crippen LogP) is 4.20. The summed E-state index contributed by atoms with van der Waals surface area (Å²) in [6.45, 7) is 4.08. The summed E-state index contributed by atoms with van der Waals surface area (Å²) in [5.41, 5.74) is 6.28. The lowest BCUT2D eigenvalue weighted by Gasteiger charge is -2.09. The van der Waals surface area contributed by atoms with Crippen molar-refractivity contribution in [3.8, 4) is 23.2 Å². The van der Waals surface area contributed by atoms with Crippen LogP contribution in [-0.4, -0.2) is 20.0 Å². The van der Waals surface area contributed by atoms with E-state index < -0.39 is 5.76 Å². The molecular formula is C22H18ClN5O2. The van der Waals surface area contributed by atoms with Crippen LogP contribution in [0.15, 0.2) is 51.7 Å². The van der Waals surface area contributed by atoms with E-state index >= 15 is 0 Å². The van der Waals surface area contributed by atoms with E-state index in [0.717, 1.165) is 40.2 Å². The molecule has 0 aliphatic rings. The van der Waals surface area contributed by atoms with Gasteiger partial charge in [-0.2, -0.15) is 10.4 Å². The van der Waals surface area contributed by atoms with Gasteiger partial charge in [0.25, 0.3) is 0 Å². The van der Waals surface area contributed by atoms with Crippen molar-refractivity contribution in [2.45, 2.75) is 26.7 Å². The molecule has 7 nitrogen and oxygen atoms in total. The number of hydrogen-bond donors (Lipinski definition) is 1. The minimum absolute atomic E-state index is 0.266. The SMILES string of the molecule is CCc1c(Cc2ccc(-c3n[nH]c(=O)o3)cc2)c(C)nn1-c1ccc(C#N)c(Cl)c1. The standard InChI is InChI=1S/C22H18ClN5O2/c1-3-20-18(10-14-4-6-15(7-5-14)21-25-26-22(29)30-21)13(2)27-28(20)17-9-8-16(12-24)19(23)11-17/h4-9,11H,3,10H2,1-2H3,(H,26,29). The third kappa shape index (κ3) is 3.65. The Hall–Kier alpha value is -3.63. The van der Waals surface area contributed by atoms with Crippen LogP contribution in [0.3, 0.4) is 0 Å². The van der Waals surface area contributed by atoms with E-state index in [4.69, 9.17) is 26.4 Å². The Labute approximate surface area is 177 Å². The van der Waals surface area contributed by atoms with Crippen LogP contribution in [0, 0.1) is 18.3 Å². The minimum Gasteiger partial charge on any atom is -0.388 e. The van der Waals surface area contributed by atoms with Crippen LogP contribution in [0.25, 0.3) is 17.1 Å². The second kappa shape index (κ2) is 8.01. The number of hydrogen-bond acceptors (Lipinski definition) is 5. The fourth-order valence-electron chi connectivity index (χ4n) is 3.46. The largest absolute Gasteiger partial charge is 0.434 e. The van der Waals surface area contributed by atoms with Gasteiger partial charge in [-0.15, -0.1) is 5.10 Å². The summed E-state index contributed by atoms with van der Waals surface area (Å²) < 4.78 is 6.89. The molecule has 2 aromatic carbocycles. The molecule has 0 spiro atoms. The Morgan fingerprint density at radius 2 is 2.00 bits per heavy atom. The number of nitriles is 1. The molecule has 4 rings (SSSR count). The highest BCUT2D eigenvalue weighted by atomic mass is 35.5. The highest BCUT2D eigenvalue weighted by Gasteiger charge is 2.16. The first kappa shape index (κ1) is 19.7. The molecule has 150 valence electrons. The number of rotatable bonds is 5. The summed E-state index contributed by atoms with van der Waals surface area (Å²) in [6, 6.07) is 15.1. The quantitative estimate of drug-likeness (QED) is 0.522. The molecule has 0 unspecified atom stereocenters. The number of aryl methyl sites for hydroxylation is 1. The van der Waals surface area contributed by atoms with Crippen molar-refractivity contribution in [3.05, 3.63) is 86.1 Å². The zero-order valence-electron chi connectivity index (χ0n) is 16.4. The van der Waals surface area contributed by atoms with Gasteiger partial charge in [-0.05, 0) is 49.2 Å². The second-order valence-corrected chi connectivity index (χ2v) is 7.25. The topological polar surface area (TPSA) is 100 Å². The first-order valence-corrected chi connectivity index (χ1v) is 9.80. The molecule has 0 saturated carbocycles. The summed E-state index contributed by atoms with van der Waals surface area (Å²) in [5.74, 6) is -0.310. The molecule has 0 aliphatic heterocycles. The molecule has 0 atom stereocenters. The van der Waals surface area contributed by atoms with Gasteiger partial charge >= 0.3 is 5.76 Å². The van der Waals surface area contributed by atoms with Gasteiger partial charge in [0.15, 0.2) is 0 Å². The monoisotopic (exact) mass is 419 g/mol. The van der Waals surface area contributed by atoms with Crippen molar-refractivity contribution < 1.29 is 4.42 Å². The fraction of sp³-hybridized carbons (Fsp3) is 0.182. The van der Waals surface area contributed by atoms with Crippen molar-refractivity contribution in [1.82, 2.24) is 20.0 Å². The molecule has 0 saturated heterocycles. The highest BCUT2D eigenvalue weighted by Crippen LogP contribution is 2.26. The van der Waals surface area contributed by atoms with Crippen LogP contribution >= 0.6 is 11.6 Å². The molecule has 2 aromatic heterocycles. The van der Waals surface area contributed by atoms with E-state index in [1.807, 2.05) is 41.9 Å². The average Bonchev–Trinajstić information content (AvgIpc) is 3.32. The lowest BCUT2D eigenvalue weighted by atomic mass is 10.0. The van der Waals surface area contributed by atoms with Gasteiger partial charge in [-0.25, -0.2) is 14.6 Å². The Morgan fingerprint density at radius 1 is 1.23 bits per heavy atom. The number of H-pyrrole nitrogens is 1. The number of benzene rings is 2. The fourth-order valence-corrected chi connectivity index (χ4v) is 3.68. The van der Waals surface area contributed by atoms with Gasteiger partial charge < -0.3 is 4.42 Å². The Balaban J connectivity index is 1.66. The van der Waals surface area contributed by atoms with Crippen LogP contribution in [-0.2, 0) is 12.8 Å². The van der Waals surface area contributed by atoms with E-state index in [1.54, 1.807) is 12.1 Å². The molecule has 0 aliphatic carbocycles. The van der Waals surface area contributed by atoms with Crippen LogP contribution in [0.5, 0.6) is 0 Å². The Bertz CT molecular complexity index is 1310. The molecular weight excluding hydrogens is 402 g/mol. The number of aromatic amines is 1. The summed E-state index contributed by atoms with van der Waals surface area (Å²) in [5, 5.41) is 20.3. The molecule has 30 heavy (non-hydrogen) atoms. The van der Waals surface area contributed by atoms with Gasteiger partial charge in [0.1, 0.15) is 6.07 Å². The molecule has 0 radical (unpaired) electrons. The highest BCUT2D eigenvalue weighted by molar-refractivity contribution is 6.31. The van der Waals surface area contributed by atoms with Crippen LogP contribution in [0.4, 0.5) is 0 Å². The Kier molecular flexibility index (Phi) is 5.25. The molecule has 2 heterocycles. The summed E-state index contributed by atoms with van der Waals surface area (Å²) in [4.78, 5) is 11.1. The number of halogens is 1. The molecule has 4 aromatic rings. The number of nitrogens with one attached hydrogen (secondary N) is 1. The third-order valence-electron chi connectivity index (χ3n) is 4.96. The van der Waals surface area contributed by atoms with E-state index in [1.165, 1.54) is 0 Å². The normalized spacial score (nSPS) is 10.9. The Morgan fingerprint density at radius 3 is 2.60 bits per heavy atom. The summed E-state index contributed by atoms with van der Waals surface area (Å²) in [6.07, 6.45) is 1.51. The number of nitrogens with zero attached hydrogens (tertiary/aromatic N) is 4. The van der Waals surface area contributed by atoms with Gasteiger partial charge in [0.05, 0.1) is 22.0 Å². The van der Waals surface area contributed by atoms with Crippen molar-refractivity contribution in [2.75, 3.05) is 0 Å². The van der Waals surface area contributed by atoms with E-state index in [0.29, 0.717) is 17.0 Å². The van der Waals surface area contributed by atoms with Crippen molar-refractivity contribution >= 4 is 11.6 Å². The van der Waals surface area contributed by atoms with E-state index in [-0.39, 0.29) is 5.89 Å². The third-order valence-corrected chi connectivity index (χ3v) is 5.28. The maximum atomic E-state index is 11.1.